The summed E-state index contributed by atoms with van der Waals surface area (Å²) in [6, 6.07) is 16.9. The van der Waals surface area contributed by atoms with Crippen LogP contribution in [0.1, 0.15) is 12.0 Å². The second-order valence-corrected chi connectivity index (χ2v) is 4.85. The maximum atomic E-state index is 12.4. The van der Waals surface area contributed by atoms with Crippen LogP contribution in [0.4, 0.5) is 16.2 Å². The molecule has 0 aliphatic rings. The molecule has 7 heteroatoms. The Labute approximate surface area is 138 Å². The summed E-state index contributed by atoms with van der Waals surface area (Å²) in [6.45, 7) is 0.0539. The van der Waals surface area contributed by atoms with Crippen molar-refractivity contribution in [1.29, 1.82) is 5.26 Å². The molecule has 24 heavy (non-hydrogen) atoms. The number of nitriles is 1. The molecular formula is C17H15N3O4. The molecule has 1 amide bonds. The molecule has 0 heterocycles. The second kappa shape index (κ2) is 8.29. The van der Waals surface area contributed by atoms with E-state index >= 15 is 0 Å². The summed E-state index contributed by atoms with van der Waals surface area (Å²) >= 11 is 0. The van der Waals surface area contributed by atoms with Crippen molar-refractivity contribution in [1.82, 2.24) is 0 Å². The number of amides is 1. The monoisotopic (exact) mass is 325 g/mol. The quantitative estimate of drug-likeness (QED) is 0.596. The van der Waals surface area contributed by atoms with E-state index in [1.807, 2.05) is 24.3 Å². The van der Waals surface area contributed by atoms with Crippen molar-refractivity contribution < 1.29 is 14.5 Å². The molecule has 7 nitrogen and oxygen atoms in total. The molecule has 0 unspecified atom stereocenters. The van der Waals surface area contributed by atoms with Crippen molar-refractivity contribution in [3.05, 3.63) is 70.3 Å². The van der Waals surface area contributed by atoms with Gasteiger partial charge in [0.2, 0.25) is 0 Å². The van der Waals surface area contributed by atoms with Crippen molar-refractivity contribution >= 4 is 17.5 Å². The van der Waals surface area contributed by atoms with Gasteiger partial charge in [0.1, 0.15) is 12.3 Å². The van der Waals surface area contributed by atoms with Crippen LogP contribution in [0.5, 0.6) is 0 Å². The van der Waals surface area contributed by atoms with Gasteiger partial charge in [-0.2, -0.15) is 5.26 Å². The van der Waals surface area contributed by atoms with Gasteiger partial charge in [-0.05, 0) is 11.6 Å². The molecule has 122 valence electrons. The predicted octanol–water partition coefficient (Wildman–Crippen LogP) is 3.65. The zero-order valence-electron chi connectivity index (χ0n) is 12.8. The molecule has 0 atom stereocenters. The lowest BCUT2D eigenvalue weighted by Crippen LogP contribution is -2.32. The molecule has 0 aliphatic carbocycles. The summed E-state index contributed by atoms with van der Waals surface area (Å²) in [5, 5.41) is 19.9. The zero-order chi connectivity index (χ0) is 17.4. The molecule has 0 saturated heterocycles. The fourth-order valence-electron chi connectivity index (χ4n) is 2.12. The van der Waals surface area contributed by atoms with E-state index in [1.54, 1.807) is 18.2 Å². The van der Waals surface area contributed by atoms with E-state index in [0.29, 0.717) is 0 Å². The Bertz CT molecular complexity index is 756. The van der Waals surface area contributed by atoms with Crippen molar-refractivity contribution in [3.8, 4) is 6.07 Å². The largest absolute Gasteiger partial charge is 0.444 e. The van der Waals surface area contributed by atoms with Crippen LogP contribution in [0.2, 0.25) is 0 Å². The van der Waals surface area contributed by atoms with E-state index in [2.05, 4.69) is 0 Å². The average Bonchev–Trinajstić information content (AvgIpc) is 2.61. The van der Waals surface area contributed by atoms with Gasteiger partial charge in [-0.15, -0.1) is 0 Å². The maximum Gasteiger partial charge on any atom is 0.414 e. The molecule has 0 spiro atoms. The Morgan fingerprint density at radius 2 is 1.83 bits per heavy atom. The number of nitrogens with zero attached hydrogens (tertiary/aromatic N) is 3. The lowest BCUT2D eigenvalue weighted by molar-refractivity contribution is -0.384. The van der Waals surface area contributed by atoms with Gasteiger partial charge in [-0.1, -0.05) is 42.5 Å². The highest BCUT2D eigenvalue weighted by molar-refractivity contribution is 5.90. The maximum absolute atomic E-state index is 12.4. The minimum absolute atomic E-state index is 0.00891. The fourth-order valence-corrected chi connectivity index (χ4v) is 2.12. The number of nitro benzene ring substituents is 1. The topological polar surface area (TPSA) is 96.5 Å². The third-order valence-corrected chi connectivity index (χ3v) is 3.24. The van der Waals surface area contributed by atoms with Crippen molar-refractivity contribution in [2.75, 3.05) is 11.4 Å². The molecular weight excluding hydrogens is 310 g/mol. The molecule has 2 aromatic rings. The number of nitro groups is 1. The van der Waals surface area contributed by atoms with Crippen LogP contribution in [-0.4, -0.2) is 17.6 Å². The molecule has 0 N–H and O–H groups in total. The van der Waals surface area contributed by atoms with Crippen LogP contribution >= 0.6 is 0 Å². The summed E-state index contributed by atoms with van der Waals surface area (Å²) < 4.78 is 5.23. The number of para-hydroxylation sites is 2. The third-order valence-electron chi connectivity index (χ3n) is 3.24. The molecule has 0 fully saturated rings. The number of rotatable bonds is 6. The van der Waals surface area contributed by atoms with Crippen molar-refractivity contribution in [2.24, 2.45) is 0 Å². The van der Waals surface area contributed by atoms with Crippen molar-refractivity contribution in [2.45, 2.75) is 13.0 Å². The Kier molecular flexibility index (Phi) is 5.86. The van der Waals surface area contributed by atoms with Gasteiger partial charge in [-0.25, -0.2) is 4.79 Å². The molecule has 2 rings (SSSR count). The number of ether oxygens (including phenoxy) is 1. The summed E-state index contributed by atoms with van der Waals surface area (Å²) in [4.78, 5) is 24.1. The average molecular weight is 325 g/mol. The van der Waals surface area contributed by atoms with Gasteiger partial charge >= 0.3 is 6.09 Å². The molecule has 0 radical (unpaired) electrons. The van der Waals surface area contributed by atoms with E-state index in [4.69, 9.17) is 10.00 Å². The van der Waals surface area contributed by atoms with E-state index in [9.17, 15) is 14.9 Å². The van der Waals surface area contributed by atoms with Gasteiger partial charge in [0.15, 0.2) is 0 Å². The third kappa shape index (κ3) is 4.30. The van der Waals surface area contributed by atoms with Gasteiger partial charge in [0, 0.05) is 12.6 Å². The van der Waals surface area contributed by atoms with E-state index in [-0.39, 0.29) is 30.9 Å². The van der Waals surface area contributed by atoms with E-state index in [0.717, 1.165) is 10.5 Å². The van der Waals surface area contributed by atoms with Crippen LogP contribution in [0.3, 0.4) is 0 Å². The highest BCUT2D eigenvalue weighted by atomic mass is 16.6. The molecule has 2 aromatic carbocycles. The number of hydrogen-bond acceptors (Lipinski definition) is 5. The Morgan fingerprint density at radius 1 is 1.17 bits per heavy atom. The highest BCUT2D eigenvalue weighted by Crippen LogP contribution is 2.28. The second-order valence-electron chi connectivity index (χ2n) is 4.85. The summed E-state index contributed by atoms with van der Waals surface area (Å²) in [5.41, 5.74) is 0.691. The summed E-state index contributed by atoms with van der Waals surface area (Å²) in [5.74, 6) is 0. The number of benzene rings is 2. The molecule has 0 aromatic heterocycles. The van der Waals surface area contributed by atoms with Crippen LogP contribution in [-0.2, 0) is 11.3 Å². The molecule has 0 aliphatic heterocycles. The summed E-state index contributed by atoms with van der Waals surface area (Å²) in [7, 11) is 0. The fraction of sp³-hybridized carbons (Fsp3) is 0.176. The zero-order valence-corrected chi connectivity index (χ0v) is 12.8. The number of carbonyl (C=O) groups is 1. The van der Waals surface area contributed by atoms with Gasteiger partial charge in [0.05, 0.1) is 17.4 Å². The SMILES string of the molecule is N#CCCN(C(=O)OCc1ccccc1)c1ccccc1[N+](=O)[O-]. The lowest BCUT2D eigenvalue weighted by Gasteiger charge is -2.21. The van der Waals surface area contributed by atoms with Crippen molar-refractivity contribution in [3.63, 3.8) is 0 Å². The molecule has 0 bridgehead atoms. The minimum atomic E-state index is -0.733. The first-order valence-electron chi connectivity index (χ1n) is 7.22. The number of anilines is 1. The van der Waals surface area contributed by atoms with Gasteiger partial charge < -0.3 is 4.74 Å². The predicted molar refractivity (Wildman–Crippen MR) is 87.3 cm³/mol. The van der Waals surface area contributed by atoms with Crippen LogP contribution in [0, 0.1) is 21.4 Å². The standard InChI is InChI=1S/C17H15N3O4/c18-11-6-12-19(15-9-4-5-10-16(15)20(22)23)17(21)24-13-14-7-2-1-3-8-14/h1-5,7-10H,6,12-13H2. The first kappa shape index (κ1) is 17.0. The van der Waals surface area contributed by atoms with Gasteiger partial charge in [-0.3, -0.25) is 15.0 Å². The number of hydrogen-bond donors (Lipinski definition) is 0. The first-order valence-corrected chi connectivity index (χ1v) is 7.22. The Balaban J connectivity index is 2.20. The van der Waals surface area contributed by atoms with E-state index < -0.39 is 11.0 Å². The number of carbonyl (C=O) groups excluding carboxylic acids is 1. The van der Waals surface area contributed by atoms with Crippen LogP contribution in [0.15, 0.2) is 54.6 Å². The Morgan fingerprint density at radius 3 is 2.50 bits per heavy atom. The molecule has 0 saturated carbocycles. The highest BCUT2D eigenvalue weighted by Gasteiger charge is 2.24. The minimum Gasteiger partial charge on any atom is -0.444 e. The van der Waals surface area contributed by atoms with E-state index in [1.165, 1.54) is 18.2 Å². The van der Waals surface area contributed by atoms with Gasteiger partial charge in [0.25, 0.3) is 5.69 Å². The van der Waals surface area contributed by atoms with Crippen LogP contribution in [0.25, 0.3) is 0 Å². The first-order chi connectivity index (χ1) is 11.6. The smallest absolute Gasteiger partial charge is 0.414 e. The normalized spacial score (nSPS) is 9.79. The lowest BCUT2D eigenvalue weighted by atomic mass is 10.2. The van der Waals surface area contributed by atoms with Crippen LogP contribution < -0.4 is 4.90 Å². The summed E-state index contributed by atoms with van der Waals surface area (Å²) in [6.07, 6.45) is -0.699. The Hall–Kier alpha value is -3.40.